The van der Waals surface area contributed by atoms with Crippen molar-refractivity contribution in [3.63, 3.8) is 0 Å². The molecule has 68 valence electrons. The Kier molecular flexibility index (Phi) is 2.92. The molecule has 0 atom stereocenters. The van der Waals surface area contributed by atoms with Gasteiger partial charge in [0.1, 0.15) is 11.8 Å². The summed E-state index contributed by atoms with van der Waals surface area (Å²) in [5.41, 5.74) is 1.61. The predicted octanol–water partition coefficient (Wildman–Crippen LogP) is 2.65. The number of hydrogen-bond acceptors (Lipinski definition) is 2. The molecule has 0 heterocycles. The van der Waals surface area contributed by atoms with Gasteiger partial charge in [0, 0.05) is 0 Å². The first kappa shape index (κ1) is 9.60. The summed E-state index contributed by atoms with van der Waals surface area (Å²) in [6.07, 6.45) is 0.105. The lowest BCUT2D eigenvalue weighted by molar-refractivity contribution is 0.240. The number of aryl methyl sites for hydroxylation is 1. The van der Waals surface area contributed by atoms with Crippen LogP contribution in [0.15, 0.2) is 18.2 Å². The van der Waals surface area contributed by atoms with Gasteiger partial charge in [0.2, 0.25) is 0 Å². The highest BCUT2D eigenvalue weighted by atomic mass is 16.5. The SMILES string of the molecule is Cc1cccc(C#N)c1OC(C)C. The summed E-state index contributed by atoms with van der Waals surface area (Å²) in [7, 11) is 0. The van der Waals surface area contributed by atoms with Gasteiger partial charge in [0.05, 0.1) is 11.7 Å². The van der Waals surface area contributed by atoms with Crippen molar-refractivity contribution in [2.45, 2.75) is 26.9 Å². The van der Waals surface area contributed by atoms with Gasteiger partial charge in [-0.3, -0.25) is 0 Å². The maximum Gasteiger partial charge on any atom is 0.140 e. The summed E-state index contributed by atoms with van der Waals surface area (Å²) in [5.74, 6) is 0.708. The molecular formula is C11H13NO. The molecule has 0 aliphatic carbocycles. The topological polar surface area (TPSA) is 33.0 Å². The highest BCUT2D eigenvalue weighted by molar-refractivity contribution is 5.47. The van der Waals surface area contributed by atoms with E-state index < -0.39 is 0 Å². The maximum atomic E-state index is 8.83. The second-order valence-electron chi connectivity index (χ2n) is 3.23. The first-order valence-electron chi connectivity index (χ1n) is 4.31. The van der Waals surface area contributed by atoms with Crippen molar-refractivity contribution < 1.29 is 4.74 Å². The predicted molar refractivity (Wildman–Crippen MR) is 51.7 cm³/mol. The fraction of sp³-hybridized carbons (Fsp3) is 0.364. The van der Waals surface area contributed by atoms with Crippen molar-refractivity contribution in [1.29, 1.82) is 5.26 Å². The van der Waals surface area contributed by atoms with Gasteiger partial charge in [-0.25, -0.2) is 0 Å². The Morgan fingerprint density at radius 2 is 2.08 bits per heavy atom. The van der Waals surface area contributed by atoms with Crippen molar-refractivity contribution in [2.75, 3.05) is 0 Å². The number of para-hydroxylation sites is 1. The number of nitriles is 1. The number of benzene rings is 1. The van der Waals surface area contributed by atoms with E-state index in [1.54, 1.807) is 6.07 Å². The summed E-state index contributed by atoms with van der Waals surface area (Å²) < 4.78 is 5.54. The normalized spacial score (nSPS) is 9.77. The number of ether oxygens (including phenoxy) is 1. The smallest absolute Gasteiger partial charge is 0.140 e. The van der Waals surface area contributed by atoms with E-state index in [9.17, 15) is 0 Å². The Bertz CT molecular complexity index is 336. The van der Waals surface area contributed by atoms with Crippen LogP contribution in [0, 0.1) is 18.3 Å². The third-order valence-corrected chi connectivity index (χ3v) is 1.69. The molecule has 2 heteroatoms. The van der Waals surface area contributed by atoms with Crippen LogP contribution in [-0.2, 0) is 0 Å². The number of nitrogens with zero attached hydrogens (tertiary/aromatic N) is 1. The number of hydrogen-bond donors (Lipinski definition) is 0. The molecule has 0 N–H and O–H groups in total. The summed E-state index contributed by atoms with van der Waals surface area (Å²) in [6, 6.07) is 7.69. The van der Waals surface area contributed by atoms with E-state index in [1.807, 2.05) is 32.9 Å². The van der Waals surface area contributed by atoms with Crippen molar-refractivity contribution in [1.82, 2.24) is 0 Å². The van der Waals surface area contributed by atoms with Gasteiger partial charge < -0.3 is 4.74 Å². The fourth-order valence-corrected chi connectivity index (χ4v) is 1.13. The molecule has 0 radical (unpaired) electrons. The average Bonchev–Trinajstić information content (AvgIpc) is 2.08. The molecule has 1 aromatic rings. The van der Waals surface area contributed by atoms with Crippen LogP contribution in [0.2, 0.25) is 0 Å². The minimum Gasteiger partial charge on any atom is -0.489 e. The van der Waals surface area contributed by atoms with Gasteiger partial charge in [-0.15, -0.1) is 0 Å². The Hall–Kier alpha value is -1.49. The van der Waals surface area contributed by atoms with E-state index in [0.29, 0.717) is 11.3 Å². The van der Waals surface area contributed by atoms with Crippen LogP contribution in [0.1, 0.15) is 25.0 Å². The minimum atomic E-state index is 0.105. The standard InChI is InChI=1S/C11H13NO/c1-8(2)13-11-9(3)5-4-6-10(11)7-12/h4-6,8H,1-3H3. The molecule has 0 amide bonds. The van der Waals surface area contributed by atoms with Gasteiger partial charge in [-0.2, -0.15) is 5.26 Å². The summed E-state index contributed by atoms with van der Waals surface area (Å²) in [5, 5.41) is 8.83. The zero-order chi connectivity index (χ0) is 9.84. The van der Waals surface area contributed by atoms with Gasteiger partial charge in [0.25, 0.3) is 0 Å². The van der Waals surface area contributed by atoms with E-state index in [0.717, 1.165) is 5.56 Å². The van der Waals surface area contributed by atoms with Gasteiger partial charge in [0.15, 0.2) is 0 Å². The Morgan fingerprint density at radius 1 is 1.38 bits per heavy atom. The quantitative estimate of drug-likeness (QED) is 0.692. The van der Waals surface area contributed by atoms with Gasteiger partial charge in [-0.05, 0) is 32.4 Å². The second kappa shape index (κ2) is 3.95. The Morgan fingerprint density at radius 3 is 2.62 bits per heavy atom. The summed E-state index contributed by atoms with van der Waals surface area (Å²) in [4.78, 5) is 0. The first-order chi connectivity index (χ1) is 6.15. The zero-order valence-electron chi connectivity index (χ0n) is 8.16. The molecule has 2 nitrogen and oxygen atoms in total. The third kappa shape index (κ3) is 2.22. The van der Waals surface area contributed by atoms with Crippen LogP contribution in [0.4, 0.5) is 0 Å². The molecule has 0 spiro atoms. The second-order valence-corrected chi connectivity index (χ2v) is 3.23. The third-order valence-electron chi connectivity index (χ3n) is 1.69. The summed E-state index contributed by atoms with van der Waals surface area (Å²) >= 11 is 0. The molecule has 0 fully saturated rings. The van der Waals surface area contributed by atoms with Crippen molar-refractivity contribution in [2.24, 2.45) is 0 Å². The maximum absolute atomic E-state index is 8.83. The lowest BCUT2D eigenvalue weighted by Crippen LogP contribution is -2.07. The molecule has 13 heavy (non-hydrogen) atoms. The first-order valence-corrected chi connectivity index (χ1v) is 4.31. The largest absolute Gasteiger partial charge is 0.489 e. The Balaban J connectivity index is 3.10. The van der Waals surface area contributed by atoms with Crippen LogP contribution in [0.25, 0.3) is 0 Å². The van der Waals surface area contributed by atoms with Crippen molar-refractivity contribution in [3.05, 3.63) is 29.3 Å². The van der Waals surface area contributed by atoms with E-state index in [4.69, 9.17) is 10.00 Å². The molecule has 0 saturated carbocycles. The van der Waals surface area contributed by atoms with E-state index in [2.05, 4.69) is 6.07 Å². The minimum absolute atomic E-state index is 0.105. The molecular weight excluding hydrogens is 162 g/mol. The Labute approximate surface area is 78.8 Å². The van der Waals surface area contributed by atoms with E-state index in [-0.39, 0.29) is 6.10 Å². The van der Waals surface area contributed by atoms with Crippen LogP contribution in [-0.4, -0.2) is 6.10 Å². The van der Waals surface area contributed by atoms with E-state index in [1.165, 1.54) is 0 Å². The molecule has 1 aromatic carbocycles. The monoisotopic (exact) mass is 175 g/mol. The lowest BCUT2D eigenvalue weighted by atomic mass is 10.1. The fourth-order valence-electron chi connectivity index (χ4n) is 1.13. The van der Waals surface area contributed by atoms with Crippen LogP contribution in [0.3, 0.4) is 0 Å². The number of rotatable bonds is 2. The van der Waals surface area contributed by atoms with Crippen LogP contribution in [0.5, 0.6) is 5.75 Å². The molecule has 1 rings (SSSR count). The van der Waals surface area contributed by atoms with E-state index >= 15 is 0 Å². The average molecular weight is 175 g/mol. The molecule has 0 unspecified atom stereocenters. The van der Waals surface area contributed by atoms with Crippen LogP contribution >= 0.6 is 0 Å². The highest BCUT2D eigenvalue weighted by Crippen LogP contribution is 2.23. The molecule has 0 aromatic heterocycles. The van der Waals surface area contributed by atoms with Gasteiger partial charge in [-0.1, -0.05) is 12.1 Å². The zero-order valence-corrected chi connectivity index (χ0v) is 8.16. The summed E-state index contributed by atoms with van der Waals surface area (Å²) in [6.45, 7) is 5.85. The van der Waals surface area contributed by atoms with Crippen LogP contribution < -0.4 is 4.74 Å². The molecule has 0 aliphatic heterocycles. The molecule has 0 aliphatic rings. The van der Waals surface area contributed by atoms with Crippen molar-refractivity contribution in [3.8, 4) is 11.8 Å². The molecule has 0 saturated heterocycles. The van der Waals surface area contributed by atoms with Gasteiger partial charge >= 0.3 is 0 Å². The highest BCUT2D eigenvalue weighted by Gasteiger charge is 2.07. The molecule has 0 bridgehead atoms. The van der Waals surface area contributed by atoms with Crippen molar-refractivity contribution >= 4 is 0 Å². The lowest BCUT2D eigenvalue weighted by Gasteiger charge is -2.13.